The number of carboxylic acid groups (broad SMARTS) is 1. The highest BCUT2D eigenvalue weighted by molar-refractivity contribution is 6.00. The zero-order chi connectivity index (χ0) is 9.84. The van der Waals surface area contributed by atoms with Gasteiger partial charge in [0.25, 0.3) is 0 Å². The minimum Gasteiger partial charge on any atom is -0.478 e. The number of methoxy groups -OCH3 is 1. The van der Waals surface area contributed by atoms with E-state index in [4.69, 9.17) is 5.11 Å². The molecule has 5 nitrogen and oxygen atoms in total. The number of carbonyl (C=O) groups is 2. The molecule has 0 fully saturated rings. The van der Waals surface area contributed by atoms with Gasteiger partial charge in [-0.2, -0.15) is 0 Å². The summed E-state index contributed by atoms with van der Waals surface area (Å²) in [4.78, 5) is 25.2. The zero-order valence-corrected chi connectivity index (χ0v) is 6.85. The van der Waals surface area contributed by atoms with E-state index < -0.39 is 11.9 Å². The molecule has 0 saturated heterocycles. The number of pyridine rings is 1. The average Bonchev–Trinajstić information content (AvgIpc) is 2.16. The maximum absolute atomic E-state index is 11.0. The third-order valence-corrected chi connectivity index (χ3v) is 1.42. The monoisotopic (exact) mass is 181 g/mol. The lowest BCUT2D eigenvalue weighted by molar-refractivity contribution is 0.0575. The smallest absolute Gasteiger partial charge is 0.357 e. The van der Waals surface area contributed by atoms with Gasteiger partial charge >= 0.3 is 11.9 Å². The van der Waals surface area contributed by atoms with Gasteiger partial charge in [0.05, 0.1) is 12.7 Å². The SMILES string of the molecule is COC(=O)c1ncccc1C(=O)O. The molecule has 0 spiro atoms. The number of ether oxygens (including phenoxy) is 1. The number of carbonyl (C=O) groups excluding carboxylic acids is 1. The van der Waals surface area contributed by atoms with Crippen molar-refractivity contribution in [1.82, 2.24) is 4.98 Å². The Hall–Kier alpha value is -1.91. The fourth-order valence-corrected chi connectivity index (χ4v) is 0.837. The van der Waals surface area contributed by atoms with E-state index in [1.54, 1.807) is 0 Å². The molecule has 5 heteroatoms. The molecule has 0 aromatic carbocycles. The van der Waals surface area contributed by atoms with Crippen molar-refractivity contribution in [2.24, 2.45) is 0 Å². The molecule has 0 unspecified atom stereocenters. The van der Waals surface area contributed by atoms with E-state index in [0.29, 0.717) is 0 Å². The molecule has 1 aromatic heterocycles. The van der Waals surface area contributed by atoms with Gasteiger partial charge in [-0.15, -0.1) is 0 Å². The molecular weight excluding hydrogens is 174 g/mol. The van der Waals surface area contributed by atoms with Gasteiger partial charge in [0, 0.05) is 6.20 Å². The molecule has 0 amide bonds. The number of hydrogen-bond acceptors (Lipinski definition) is 4. The van der Waals surface area contributed by atoms with Crippen LogP contribution in [0, 0.1) is 0 Å². The van der Waals surface area contributed by atoms with E-state index in [-0.39, 0.29) is 11.3 Å². The first-order valence-electron chi connectivity index (χ1n) is 3.43. The molecule has 0 aliphatic heterocycles. The first kappa shape index (κ1) is 9.18. The highest BCUT2D eigenvalue weighted by atomic mass is 16.5. The Kier molecular flexibility index (Phi) is 2.59. The number of aromatic carboxylic acids is 1. The van der Waals surface area contributed by atoms with E-state index in [1.807, 2.05) is 0 Å². The van der Waals surface area contributed by atoms with Crippen molar-refractivity contribution in [1.29, 1.82) is 0 Å². The van der Waals surface area contributed by atoms with Crippen LogP contribution in [0.15, 0.2) is 18.3 Å². The lowest BCUT2D eigenvalue weighted by Gasteiger charge is -2.00. The first-order chi connectivity index (χ1) is 6.16. The van der Waals surface area contributed by atoms with Gasteiger partial charge in [0.15, 0.2) is 5.69 Å². The highest BCUT2D eigenvalue weighted by Gasteiger charge is 2.17. The van der Waals surface area contributed by atoms with Crippen LogP contribution >= 0.6 is 0 Å². The van der Waals surface area contributed by atoms with Gasteiger partial charge in [0.2, 0.25) is 0 Å². The van der Waals surface area contributed by atoms with Gasteiger partial charge < -0.3 is 9.84 Å². The Morgan fingerprint density at radius 3 is 2.77 bits per heavy atom. The third-order valence-electron chi connectivity index (χ3n) is 1.42. The van der Waals surface area contributed by atoms with Crippen LogP contribution in [-0.2, 0) is 4.74 Å². The van der Waals surface area contributed by atoms with Gasteiger partial charge in [-0.1, -0.05) is 0 Å². The molecule has 68 valence electrons. The second-order valence-electron chi connectivity index (χ2n) is 2.20. The molecule has 1 rings (SSSR count). The lowest BCUT2D eigenvalue weighted by Crippen LogP contribution is -2.11. The maximum atomic E-state index is 11.0. The molecule has 0 saturated carbocycles. The van der Waals surface area contributed by atoms with Crippen molar-refractivity contribution in [3.63, 3.8) is 0 Å². The van der Waals surface area contributed by atoms with Crippen LogP contribution < -0.4 is 0 Å². The minimum atomic E-state index is -1.20. The zero-order valence-electron chi connectivity index (χ0n) is 6.85. The third kappa shape index (κ3) is 1.81. The molecule has 0 aliphatic carbocycles. The van der Waals surface area contributed by atoms with E-state index in [0.717, 1.165) is 0 Å². The molecule has 0 atom stereocenters. The summed E-state index contributed by atoms with van der Waals surface area (Å²) in [5, 5.41) is 8.66. The van der Waals surface area contributed by atoms with Crippen molar-refractivity contribution in [2.45, 2.75) is 0 Å². The number of nitrogens with zero attached hydrogens (tertiary/aromatic N) is 1. The summed E-state index contributed by atoms with van der Waals surface area (Å²) in [5.74, 6) is -1.95. The fourth-order valence-electron chi connectivity index (χ4n) is 0.837. The Balaban J connectivity index is 3.19. The molecule has 0 bridgehead atoms. The normalized spacial score (nSPS) is 9.31. The van der Waals surface area contributed by atoms with Crippen LogP contribution in [0.1, 0.15) is 20.8 Å². The fraction of sp³-hybridized carbons (Fsp3) is 0.125. The second-order valence-corrected chi connectivity index (χ2v) is 2.20. The topological polar surface area (TPSA) is 76.5 Å². The van der Waals surface area contributed by atoms with Crippen molar-refractivity contribution in [3.05, 3.63) is 29.6 Å². The van der Waals surface area contributed by atoms with Crippen molar-refractivity contribution >= 4 is 11.9 Å². The van der Waals surface area contributed by atoms with Gasteiger partial charge in [-0.05, 0) is 12.1 Å². The van der Waals surface area contributed by atoms with Crippen LogP contribution in [0.3, 0.4) is 0 Å². The summed E-state index contributed by atoms with van der Waals surface area (Å²) in [6.45, 7) is 0. The Morgan fingerprint density at radius 1 is 1.54 bits per heavy atom. The molecular formula is C8H7NO4. The van der Waals surface area contributed by atoms with Crippen molar-refractivity contribution < 1.29 is 19.4 Å². The Morgan fingerprint density at radius 2 is 2.23 bits per heavy atom. The summed E-state index contributed by atoms with van der Waals surface area (Å²) in [5.41, 5.74) is -0.341. The quantitative estimate of drug-likeness (QED) is 0.675. The van der Waals surface area contributed by atoms with E-state index in [9.17, 15) is 9.59 Å². The van der Waals surface area contributed by atoms with E-state index in [1.165, 1.54) is 25.4 Å². The van der Waals surface area contributed by atoms with Gasteiger partial charge in [-0.25, -0.2) is 14.6 Å². The summed E-state index contributed by atoms with van der Waals surface area (Å²) in [7, 11) is 1.17. The Labute approximate surface area is 74.0 Å². The minimum absolute atomic E-state index is 0.158. The largest absolute Gasteiger partial charge is 0.478 e. The first-order valence-corrected chi connectivity index (χ1v) is 3.43. The van der Waals surface area contributed by atoms with E-state index in [2.05, 4.69) is 9.72 Å². The summed E-state index contributed by atoms with van der Waals surface area (Å²) >= 11 is 0. The van der Waals surface area contributed by atoms with Crippen molar-refractivity contribution in [2.75, 3.05) is 7.11 Å². The van der Waals surface area contributed by atoms with Crippen LogP contribution in [0.25, 0.3) is 0 Å². The number of carboxylic acids is 1. The predicted octanol–water partition coefficient (Wildman–Crippen LogP) is 0.566. The molecule has 0 radical (unpaired) electrons. The molecule has 13 heavy (non-hydrogen) atoms. The lowest BCUT2D eigenvalue weighted by atomic mass is 10.2. The molecule has 0 aliphatic rings. The van der Waals surface area contributed by atoms with E-state index >= 15 is 0 Å². The van der Waals surface area contributed by atoms with Crippen LogP contribution in [-0.4, -0.2) is 29.1 Å². The van der Waals surface area contributed by atoms with Crippen LogP contribution in [0.2, 0.25) is 0 Å². The second kappa shape index (κ2) is 3.66. The Bertz CT molecular complexity index is 348. The number of esters is 1. The maximum Gasteiger partial charge on any atom is 0.357 e. The summed E-state index contributed by atoms with van der Waals surface area (Å²) in [6, 6.07) is 2.73. The summed E-state index contributed by atoms with van der Waals surface area (Å²) < 4.78 is 4.36. The molecule has 1 heterocycles. The van der Waals surface area contributed by atoms with Crippen molar-refractivity contribution in [3.8, 4) is 0 Å². The average molecular weight is 181 g/mol. The standard InChI is InChI=1S/C8H7NO4/c1-13-8(12)6-5(7(10)11)3-2-4-9-6/h2-4H,1H3,(H,10,11). The van der Waals surface area contributed by atoms with Crippen LogP contribution in [0.5, 0.6) is 0 Å². The molecule has 1 N–H and O–H groups in total. The van der Waals surface area contributed by atoms with Gasteiger partial charge in [-0.3, -0.25) is 0 Å². The van der Waals surface area contributed by atoms with Crippen LogP contribution in [0.4, 0.5) is 0 Å². The predicted molar refractivity (Wildman–Crippen MR) is 42.5 cm³/mol. The summed E-state index contributed by atoms with van der Waals surface area (Å²) in [6.07, 6.45) is 1.33. The molecule has 1 aromatic rings. The van der Waals surface area contributed by atoms with Gasteiger partial charge in [0.1, 0.15) is 0 Å². The number of hydrogen-bond donors (Lipinski definition) is 1. The number of rotatable bonds is 2. The highest BCUT2D eigenvalue weighted by Crippen LogP contribution is 2.06. The number of aromatic nitrogens is 1.